The number of aliphatic imine (C=N–C) groups is 1. The molecule has 16 heavy (non-hydrogen) atoms. The minimum Gasteiger partial charge on any atom is -0.359 e. The van der Waals surface area contributed by atoms with E-state index in [1.54, 1.807) is 7.05 Å². The van der Waals surface area contributed by atoms with Gasteiger partial charge in [0.2, 0.25) is 0 Å². The van der Waals surface area contributed by atoms with E-state index in [1.807, 2.05) is 26.0 Å². The lowest BCUT2D eigenvalue weighted by atomic mass is 10.8. The molecule has 0 aromatic rings. The maximum absolute atomic E-state index is 10.7. The third kappa shape index (κ3) is 7.29. The van der Waals surface area contributed by atoms with Gasteiger partial charge in [-0.1, -0.05) is 0 Å². The van der Waals surface area contributed by atoms with Crippen molar-refractivity contribution in [1.82, 2.24) is 10.2 Å². The van der Waals surface area contributed by atoms with E-state index in [2.05, 4.69) is 10.3 Å². The van der Waals surface area contributed by atoms with Crippen LogP contribution in [0.3, 0.4) is 0 Å². The Morgan fingerprint density at radius 1 is 1.38 bits per heavy atom. The van der Waals surface area contributed by atoms with Crippen molar-refractivity contribution in [2.45, 2.75) is 5.51 Å². The molecule has 0 saturated carbocycles. The van der Waals surface area contributed by atoms with Crippen LogP contribution in [0.25, 0.3) is 0 Å². The van der Waals surface area contributed by atoms with E-state index in [1.165, 1.54) is 0 Å². The molecule has 0 aliphatic rings. The van der Waals surface area contributed by atoms with Crippen LogP contribution in [-0.4, -0.2) is 57.5 Å². The van der Waals surface area contributed by atoms with Crippen LogP contribution in [0.4, 0.5) is 13.2 Å². The van der Waals surface area contributed by atoms with Gasteiger partial charge in [-0.05, 0) is 0 Å². The molecule has 0 heterocycles. The highest BCUT2D eigenvalue weighted by Gasteiger charge is 2.44. The van der Waals surface area contributed by atoms with Crippen molar-refractivity contribution >= 4 is 16.1 Å². The molecule has 0 aromatic heterocycles. The Kier molecular flexibility index (Phi) is 7.09. The van der Waals surface area contributed by atoms with E-state index >= 15 is 0 Å². The average Bonchev–Trinajstić information content (AvgIpc) is 2.02. The predicted octanol–water partition coefficient (Wildman–Crippen LogP) is 0.147. The van der Waals surface area contributed by atoms with Gasteiger partial charge >= 0.3 is 15.6 Å². The summed E-state index contributed by atoms with van der Waals surface area (Å²) in [5, 5.41) is 2.93. The Morgan fingerprint density at radius 2 is 1.69 bits per heavy atom. The topological polar surface area (TPSA) is 82.0 Å². The van der Waals surface area contributed by atoms with Crippen LogP contribution in [0.2, 0.25) is 0 Å². The van der Waals surface area contributed by atoms with Crippen molar-refractivity contribution in [1.29, 1.82) is 0 Å². The van der Waals surface area contributed by atoms with Crippen LogP contribution in [-0.2, 0) is 10.1 Å². The summed E-state index contributed by atoms with van der Waals surface area (Å²) in [6, 6.07) is 0. The van der Waals surface area contributed by atoms with E-state index in [-0.39, 0.29) is 0 Å². The first kappa shape index (κ1) is 17.4. The van der Waals surface area contributed by atoms with Gasteiger partial charge in [0, 0.05) is 28.2 Å². The van der Waals surface area contributed by atoms with Crippen molar-refractivity contribution in [3.05, 3.63) is 0 Å². The first-order valence-electron chi connectivity index (χ1n) is 3.83. The molecule has 0 radical (unpaired) electrons. The van der Waals surface area contributed by atoms with Gasteiger partial charge in [0.1, 0.15) is 0 Å². The summed E-state index contributed by atoms with van der Waals surface area (Å²) in [5.41, 5.74) is -5.53. The van der Waals surface area contributed by atoms with Crippen molar-refractivity contribution in [3.8, 4) is 0 Å². The standard InChI is InChI=1S/C5H13N3.CHF3O3S/c1-6-5(7-2)8(3)4;2-1(3,4)8(5,6)7/h1-4H3,(H,6,7);(H,5,6,7). The highest BCUT2D eigenvalue weighted by molar-refractivity contribution is 7.86. The fourth-order valence-electron chi connectivity index (χ4n) is 0.535. The average molecular weight is 265 g/mol. The van der Waals surface area contributed by atoms with Gasteiger partial charge in [-0.3, -0.25) is 9.55 Å². The molecule has 0 spiro atoms. The number of halogens is 3. The molecule has 0 atom stereocenters. The first-order chi connectivity index (χ1) is 6.97. The van der Waals surface area contributed by atoms with Gasteiger partial charge in [-0.15, -0.1) is 0 Å². The Labute approximate surface area is 91.9 Å². The van der Waals surface area contributed by atoms with Crippen LogP contribution in [0.15, 0.2) is 4.99 Å². The second-order valence-electron chi connectivity index (χ2n) is 2.61. The number of hydrogen-bond donors (Lipinski definition) is 2. The van der Waals surface area contributed by atoms with Crippen molar-refractivity contribution in [2.24, 2.45) is 4.99 Å². The highest BCUT2D eigenvalue weighted by atomic mass is 32.2. The number of guanidine groups is 1. The fourth-order valence-corrected chi connectivity index (χ4v) is 0.535. The Bertz CT molecular complexity index is 324. The van der Waals surface area contributed by atoms with Gasteiger partial charge in [0.25, 0.3) is 0 Å². The van der Waals surface area contributed by atoms with Crippen molar-refractivity contribution < 1.29 is 26.1 Å². The summed E-state index contributed by atoms with van der Waals surface area (Å²) in [5.74, 6) is 0.894. The number of nitrogens with one attached hydrogen (secondary N) is 1. The summed E-state index contributed by atoms with van der Waals surface area (Å²) >= 11 is 0. The second kappa shape index (κ2) is 6.53. The smallest absolute Gasteiger partial charge is 0.359 e. The van der Waals surface area contributed by atoms with E-state index in [9.17, 15) is 13.2 Å². The van der Waals surface area contributed by atoms with Crippen molar-refractivity contribution in [2.75, 3.05) is 28.2 Å². The minimum atomic E-state index is -5.84. The van der Waals surface area contributed by atoms with Gasteiger partial charge < -0.3 is 10.2 Å². The van der Waals surface area contributed by atoms with E-state index in [0.717, 1.165) is 5.96 Å². The third-order valence-corrected chi connectivity index (χ3v) is 1.74. The van der Waals surface area contributed by atoms with Crippen LogP contribution >= 0.6 is 0 Å². The lowest BCUT2D eigenvalue weighted by molar-refractivity contribution is -0.0510. The summed E-state index contributed by atoms with van der Waals surface area (Å²) in [7, 11) is 1.65. The molecule has 98 valence electrons. The number of hydrogen-bond acceptors (Lipinski definition) is 3. The molecular formula is C6H14F3N3O3S. The van der Waals surface area contributed by atoms with Gasteiger partial charge in [0.05, 0.1) is 0 Å². The molecule has 0 fully saturated rings. The van der Waals surface area contributed by atoms with Crippen molar-refractivity contribution in [3.63, 3.8) is 0 Å². The first-order valence-corrected chi connectivity index (χ1v) is 5.27. The second-order valence-corrected chi connectivity index (χ2v) is 4.03. The fraction of sp³-hybridized carbons (Fsp3) is 0.833. The molecule has 10 heteroatoms. The monoisotopic (exact) mass is 265 g/mol. The van der Waals surface area contributed by atoms with Crippen LogP contribution < -0.4 is 5.32 Å². The predicted molar refractivity (Wildman–Crippen MR) is 53.7 cm³/mol. The maximum atomic E-state index is 10.7. The minimum absolute atomic E-state index is 0.894. The third-order valence-electron chi connectivity index (χ3n) is 1.15. The summed E-state index contributed by atoms with van der Waals surface area (Å²) < 4.78 is 57.5. The van der Waals surface area contributed by atoms with E-state index in [4.69, 9.17) is 13.0 Å². The highest BCUT2D eigenvalue weighted by Crippen LogP contribution is 2.20. The van der Waals surface area contributed by atoms with Crippen LogP contribution in [0.5, 0.6) is 0 Å². The maximum Gasteiger partial charge on any atom is 0.522 e. The number of nitrogens with zero attached hydrogens (tertiary/aromatic N) is 2. The van der Waals surface area contributed by atoms with Gasteiger partial charge in [-0.2, -0.15) is 21.6 Å². The number of rotatable bonds is 0. The summed E-state index contributed by atoms with van der Waals surface area (Å²) in [4.78, 5) is 5.85. The SMILES string of the molecule is C/N=C(\NC)N(C)C.O=S(=O)(O)C(F)(F)F. The van der Waals surface area contributed by atoms with E-state index < -0.39 is 15.6 Å². The quantitative estimate of drug-likeness (QED) is 0.282. The zero-order chi connectivity index (χ0) is 13.6. The van der Waals surface area contributed by atoms with Gasteiger partial charge in [-0.25, -0.2) is 0 Å². The summed E-state index contributed by atoms with van der Waals surface area (Å²) in [6.45, 7) is 0. The molecular weight excluding hydrogens is 251 g/mol. The van der Waals surface area contributed by atoms with Gasteiger partial charge in [0.15, 0.2) is 5.96 Å². The molecule has 0 amide bonds. The Hall–Kier alpha value is -1.03. The Morgan fingerprint density at radius 3 is 1.69 bits per heavy atom. The molecule has 0 saturated heterocycles. The molecule has 6 nitrogen and oxygen atoms in total. The number of alkyl halides is 3. The normalized spacial score (nSPS) is 12.6. The summed E-state index contributed by atoms with van der Waals surface area (Å²) in [6.07, 6.45) is 0. The molecule has 0 aliphatic carbocycles. The molecule has 0 unspecified atom stereocenters. The zero-order valence-electron chi connectivity index (χ0n) is 9.20. The molecule has 0 bridgehead atoms. The van der Waals surface area contributed by atoms with Crippen LogP contribution in [0.1, 0.15) is 0 Å². The molecule has 0 aliphatic heterocycles. The lowest BCUT2D eigenvalue weighted by Crippen LogP contribution is -2.33. The molecule has 0 aromatic carbocycles. The molecule has 0 rings (SSSR count). The zero-order valence-corrected chi connectivity index (χ0v) is 10.0. The van der Waals surface area contributed by atoms with E-state index in [0.29, 0.717) is 0 Å². The Balaban J connectivity index is 0. The lowest BCUT2D eigenvalue weighted by Gasteiger charge is -2.12. The van der Waals surface area contributed by atoms with Crippen LogP contribution in [0, 0.1) is 0 Å². The molecule has 2 N–H and O–H groups in total. The largest absolute Gasteiger partial charge is 0.522 e.